The highest BCUT2D eigenvalue weighted by molar-refractivity contribution is 5.91. The molecule has 1 N–H and O–H groups in total. The Balaban J connectivity index is 3.60. The molecule has 0 unspecified atom stereocenters. The molecule has 35 heavy (non-hydrogen) atoms. The summed E-state index contributed by atoms with van der Waals surface area (Å²) in [5.74, 6) is -26.4. The minimum Gasteiger partial charge on any atom is -0.266 e. The molecule has 1 rings (SSSR count). The Kier molecular flexibility index (Phi) is 7.36. The molecule has 0 saturated heterocycles. The van der Waals surface area contributed by atoms with Gasteiger partial charge in [-0.3, -0.25) is 19.7 Å². The Bertz CT molecular complexity index is 895. The van der Waals surface area contributed by atoms with Crippen LogP contribution in [0.4, 0.5) is 74.6 Å². The van der Waals surface area contributed by atoms with E-state index in [1.54, 1.807) is 0 Å². The Hall–Kier alpha value is -2.66. The minimum absolute atomic E-state index is 0.185. The fourth-order valence-corrected chi connectivity index (χ4v) is 1.61. The molecule has 0 radical (unpaired) electrons. The van der Waals surface area contributed by atoms with E-state index in [-0.39, 0.29) is 17.3 Å². The number of rotatable bonds is 8. The number of nitrogens with one attached hydrogen (secondary N) is 1. The normalized spacial score (nSPS) is 18.1. The number of hydrogen-bond acceptors (Lipinski definition) is 5. The molecule has 2 atom stereocenters. The van der Waals surface area contributed by atoms with Gasteiger partial charge in [0.1, 0.15) is 12.7 Å². The van der Waals surface area contributed by atoms with E-state index in [0.717, 1.165) is 0 Å². The number of carbonyl (C=O) groups is 1. The van der Waals surface area contributed by atoms with Crippen LogP contribution in [0, 0.1) is 0 Å². The maximum absolute atomic E-state index is 14.2. The number of ether oxygens (including phenoxy) is 2. The van der Waals surface area contributed by atoms with Gasteiger partial charge < -0.3 is 0 Å². The molecule has 0 aliphatic carbocycles. The summed E-state index contributed by atoms with van der Waals surface area (Å²) in [6.45, 7) is 0. The van der Waals surface area contributed by atoms with Crippen molar-refractivity contribution in [3.05, 3.63) is 12.7 Å². The van der Waals surface area contributed by atoms with E-state index in [4.69, 9.17) is 0 Å². The van der Waals surface area contributed by atoms with E-state index in [1.807, 2.05) is 4.74 Å². The largest absolute Gasteiger partial charge is 0.462 e. The van der Waals surface area contributed by atoms with Crippen LogP contribution in [0.2, 0.25) is 0 Å². The Morgan fingerprint density at radius 3 is 1.40 bits per heavy atom. The second-order valence-corrected chi connectivity index (χ2v) is 5.81. The molecule has 0 aliphatic heterocycles. The number of halogens is 17. The van der Waals surface area contributed by atoms with E-state index < -0.39 is 54.3 Å². The summed E-state index contributed by atoms with van der Waals surface area (Å²) in [4.78, 5) is 11.4. The maximum Gasteiger partial charge on any atom is 0.462 e. The Labute approximate surface area is 177 Å². The molecular weight excluding hydrogens is 559 g/mol. The first kappa shape index (κ1) is 30.4. The monoisotopic (exact) mass is 562 g/mol. The standard InChI is InChI=1S/C11H3F17N4O3/c12-4(7(16,17)18,3(33)31-32-1-29-30-2-32)34-11(27,28)6(15,9(22,23)24)35-10(25,26)5(13,14)8(19,20)21/h1-2H,(H,31,33)/t4-,6+/m0/s1. The Morgan fingerprint density at radius 1 is 0.629 bits per heavy atom. The lowest BCUT2D eigenvalue weighted by molar-refractivity contribution is -0.548. The fraction of sp³-hybridized carbons (Fsp3) is 0.727. The van der Waals surface area contributed by atoms with Crippen LogP contribution in [0.15, 0.2) is 12.7 Å². The smallest absolute Gasteiger partial charge is 0.266 e. The molecule has 0 bridgehead atoms. The van der Waals surface area contributed by atoms with Gasteiger partial charge in [0.2, 0.25) is 0 Å². The molecule has 1 heterocycles. The van der Waals surface area contributed by atoms with Gasteiger partial charge in [-0.05, 0) is 0 Å². The summed E-state index contributed by atoms with van der Waals surface area (Å²) in [5, 5.41) is 5.56. The SMILES string of the molecule is O=C(Nn1cnnc1)[C@](F)(OC(F)(F)[C@](F)(OC(F)(F)C(F)(F)C(F)(F)F)C(F)(F)F)C(F)(F)F. The highest BCUT2D eigenvalue weighted by atomic mass is 19.4. The maximum atomic E-state index is 14.2. The molecule has 204 valence electrons. The number of aromatic nitrogens is 3. The van der Waals surface area contributed by atoms with Crippen LogP contribution >= 0.6 is 0 Å². The summed E-state index contributed by atoms with van der Waals surface area (Å²) >= 11 is 0. The number of alkyl halides is 17. The Morgan fingerprint density at radius 2 is 1.06 bits per heavy atom. The molecule has 0 fully saturated rings. The summed E-state index contributed by atoms with van der Waals surface area (Å²) < 4.78 is 223. The lowest BCUT2D eigenvalue weighted by Gasteiger charge is -2.40. The topological polar surface area (TPSA) is 78.3 Å². The second kappa shape index (κ2) is 8.48. The average Bonchev–Trinajstić information content (AvgIpc) is 3.10. The van der Waals surface area contributed by atoms with Gasteiger partial charge in [0.25, 0.3) is 0 Å². The minimum atomic E-state index is -8.07. The van der Waals surface area contributed by atoms with Crippen LogP contribution < -0.4 is 5.43 Å². The first-order valence-electron chi connectivity index (χ1n) is 7.44. The fourth-order valence-electron chi connectivity index (χ4n) is 1.61. The summed E-state index contributed by atoms with van der Waals surface area (Å²) in [6.07, 6.45) is -38.3. The van der Waals surface area contributed by atoms with Gasteiger partial charge in [-0.15, -0.1) is 10.2 Å². The van der Waals surface area contributed by atoms with Crippen molar-refractivity contribution in [2.24, 2.45) is 0 Å². The molecule has 24 heteroatoms. The molecule has 7 nitrogen and oxygen atoms in total. The number of nitrogens with zero attached hydrogens (tertiary/aromatic N) is 3. The molecule has 0 aromatic carbocycles. The third kappa shape index (κ3) is 5.30. The van der Waals surface area contributed by atoms with Crippen molar-refractivity contribution in [2.75, 3.05) is 5.43 Å². The summed E-state index contributed by atoms with van der Waals surface area (Å²) in [5.41, 5.74) is 0.612. The van der Waals surface area contributed by atoms with Gasteiger partial charge in [0, 0.05) is 0 Å². The van der Waals surface area contributed by atoms with Crippen molar-refractivity contribution in [3.8, 4) is 0 Å². The van der Waals surface area contributed by atoms with Crippen molar-refractivity contribution in [2.45, 2.75) is 48.4 Å². The zero-order valence-corrected chi connectivity index (χ0v) is 15.1. The molecule has 1 aromatic heterocycles. The third-order valence-corrected chi connectivity index (χ3v) is 3.30. The predicted octanol–water partition coefficient (Wildman–Crippen LogP) is 4.22. The number of hydrogen-bond donors (Lipinski definition) is 1. The highest BCUT2D eigenvalue weighted by Gasteiger charge is 2.85. The van der Waals surface area contributed by atoms with E-state index >= 15 is 0 Å². The molecule has 0 saturated carbocycles. The van der Waals surface area contributed by atoms with Crippen molar-refractivity contribution in [1.29, 1.82) is 0 Å². The lowest BCUT2D eigenvalue weighted by atomic mass is 10.2. The van der Waals surface area contributed by atoms with Gasteiger partial charge in [-0.1, -0.05) is 0 Å². The van der Waals surface area contributed by atoms with Crippen LogP contribution in [0.3, 0.4) is 0 Å². The van der Waals surface area contributed by atoms with Crippen LogP contribution in [0.5, 0.6) is 0 Å². The van der Waals surface area contributed by atoms with Crippen LogP contribution in [-0.2, 0) is 14.3 Å². The first-order valence-corrected chi connectivity index (χ1v) is 7.44. The van der Waals surface area contributed by atoms with Gasteiger partial charge in [0.05, 0.1) is 0 Å². The molecule has 1 aromatic rings. The average molecular weight is 562 g/mol. The summed E-state index contributed by atoms with van der Waals surface area (Å²) in [6, 6.07) is 0. The van der Waals surface area contributed by atoms with Gasteiger partial charge in [-0.25, -0.2) is 4.68 Å². The van der Waals surface area contributed by atoms with Gasteiger partial charge in [-0.2, -0.15) is 74.6 Å². The van der Waals surface area contributed by atoms with E-state index in [0.29, 0.717) is 5.43 Å². The van der Waals surface area contributed by atoms with Crippen molar-refractivity contribution < 1.29 is 88.9 Å². The second-order valence-electron chi connectivity index (χ2n) is 5.81. The van der Waals surface area contributed by atoms with Crippen LogP contribution in [-0.4, -0.2) is 69.2 Å². The quantitative estimate of drug-likeness (QED) is 0.481. The van der Waals surface area contributed by atoms with E-state index in [2.05, 4.69) is 10.2 Å². The van der Waals surface area contributed by atoms with E-state index in [9.17, 15) is 79.4 Å². The van der Waals surface area contributed by atoms with Crippen molar-refractivity contribution in [3.63, 3.8) is 0 Å². The summed E-state index contributed by atoms with van der Waals surface area (Å²) in [7, 11) is 0. The zero-order chi connectivity index (χ0) is 28.1. The van der Waals surface area contributed by atoms with Crippen LogP contribution in [0.25, 0.3) is 0 Å². The molecular formula is C11H3F17N4O3. The van der Waals surface area contributed by atoms with Gasteiger partial charge >= 0.3 is 54.3 Å². The van der Waals surface area contributed by atoms with Crippen molar-refractivity contribution >= 4 is 5.91 Å². The lowest BCUT2D eigenvalue weighted by Crippen LogP contribution is -2.68. The van der Waals surface area contributed by atoms with Gasteiger partial charge in [0.15, 0.2) is 0 Å². The first-order chi connectivity index (χ1) is 15.2. The van der Waals surface area contributed by atoms with Crippen molar-refractivity contribution in [1.82, 2.24) is 14.9 Å². The highest BCUT2D eigenvalue weighted by Crippen LogP contribution is 2.56. The molecule has 0 spiro atoms. The third-order valence-electron chi connectivity index (χ3n) is 3.30. The van der Waals surface area contributed by atoms with E-state index in [1.165, 1.54) is 4.74 Å². The number of carbonyl (C=O) groups excluding carboxylic acids is 1. The van der Waals surface area contributed by atoms with Crippen LogP contribution in [0.1, 0.15) is 0 Å². The predicted molar refractivity (Wildman–Crippen MR) is 67.2 cm³/mol. The molecule has 0 aliphatic rings. The zero-order valence-electron chi connectivity index (χ0n) is 15.1. The number of amides is 1. The molecule has 1 amide bonds.